The molecule has 19 heavy (non-hydrogen) atoms. The molecule has 0 amide bonds. The lowest BCUT2D eigenvalue weighted by Crippen LogP contribution is -2.19. The molecule has 1 rings (SSSR count). The van der Waals surface area contributed by atoms with Gasteiger partial charge in [0.1, 0.15) is 6.10 Å². The fourth-order valence-electron chi connectivity index (χ4n) is 1.78. The fraction of sp³-hybridized carbons (Fsp3) is 0.533. The van der Waals surface area contributed by atoms with E-state index in [1.165, 1.54) is 24.2 Å². The Bertz CT molecular complexity index is 400. The quantitative estimate of drug-likeness (QED) is 0.842. The van der Waals surface area contributed by atoms with E-state index in [0.717, 1.165) is 0 Å². The van der Waals surface area contributed by atoms with Gasteiger partial charge in [0.2, 0.25) is 0 Å². The van der Waals surface area contributed by atoms with Crippen molar-refractivity contribution in [3.8, 4) is 0 Å². The number of benzene rings is 1. The van der Waals surface area contributed by atoms with Crippen molar-refractivity contribution in [3.63, 3.8) is 0 Å². The summed E-state index contributed by atoms with van der Waals surface area (Å²) in [6.07, 6.45) is -1.33. The summed E-state index contributed by atoms with van der Waals surface area (Å²) < 4.78 is 0. The van der Waals surface area contributed by atoms with Gasteiger partial charge in [-0.1, -0.05) is 49.9 Å². The normalized spacial score (nSPS) is 14.4. The first-order valence-electron chi connectivity index (χ1n) is 6.51. The van der Waals surface area contributed by atoms with Gasteiger partial charge in [-0.05, 0) is 23.5 Å². The molecule has 4 heteroatoms. The van der Waals surface area contributed by atoms with Crippen LogP contribution in [-0.2, 0) is 4.79 Å². The minimum atomic E-state index is -0.895. The second-order valence-corrected chi connectivity index (χ2v) is 6.23. The number of thioether (sulfide) groups is 1. The third kappa shape index (κ3) is 5.35. The molecule has 0 aliphatic carbocycles. The Kier molecular flexibility index (Phi) is 6.55. The van der Waals surface area contributed by atoms with E-state index in [2.05, 4.69) is 13.8 Å². The Hall–Kier alpha value is -0.840. The lowest BCUT2D eigenvalue weighted by atomic mass is 9.97. The molecule has 0 aliphatic rings. The summed E-state index contributed by atoms with van der Waals surface area (Å²) in [6.45, 7) is 5.72. The minimum absolute atomic E-state index is 0.0305. The predicted octanol–water partition coefficient (Wildman–Crippen LogP) is 2.87. The highest BCUT2D eigenvalue weighted by molar-refractivity contribution is 8.13. The van der Waals surface area contributed by atoms with Gasteiger partial charge in [0.15, 0.2) is 5.12 Å². The van der Waals surface area contributed by atoms with Crippen molar-refractivity contribution in [1.82, 2.24) is 0 Å². The Balaban J connectivity index is 2.56. The molecule has 0 aromatic heterocycles. The van der Waals surface area contributed by atoms with Gasteiger partial charge >= 0.3 is 0 Å². The molecule has 106 valence electrons. The summed E-state index contributed by atoms with van der Waals surface area (Å²) >= 11 is 1.17. The third-order valence-corrected chi connectivity index (χ3v) is 3.87. The molecule has 0 saturated heterocycles. The number of aliphatic hydroxyl groups is 2. The molecule has 0 radical (unpaired) electrons. The smallest absolute Gasteiger partial charge is 0.185 e. The zero-order chi connectivity index (χ0) is 14.4. The average Bonchev–Trinajstić information content (AvgIpc) is 2.37. The molecule has 2 atom stereocenters. The van der Waals surface area contributed by atoms with Crippen molar-refractivity contribution < 1.29 is 15.0 Å². The molecule has 1 aromatic rings. The molecule has 0 aliphatic heterocycles. The SMILES string of the molecule is CC(=O)SCCC(O)C(O)c1ccc(C(C)C)cc1. The lowest BCUT2D eigenvalue weighted by Gasteiger charge is -2.18. The van der Waals surface area contributed by atoms with Crippen molar-refractivity contribution in [1.29, 1.82) is 0 Å². The van der Waals surface area contributed by atoms with E-state index in [0.29, 0.717) is 23.7 Å². The van der Waals surface area contributed by atoms with Gasteiger partial charge < -0.3 is 10.2 Å². The van der Waals surface area contributed by atoms with Gasteiger partial charge in [-0.25, -0.2) is 0 Å². The number of carbonyl (C=O) groups is 1. The standard InChI is InChI=1S/C15H22O3S/c1-10(2)12-4-6-13(7-5-12)15(18)14(17)8-9-19-11(3)16/h4-7,10,14-15,17-18H,8-9H2,1-3H3. The highest BCUT2D eigenvalue weighted by Crippen LogP contribution is 2.23. The second-order valence-electron chi connectivity index (χ2n) is 4.96. The van der Waals surface area contributed by atoms with Gasteiger partial charge in [-0.15, -0.1) is 0 Å². The van der Waals surface area contributed by atoms with Crippen LogP contribution in [0.5, 0.6) is 0 Å². The zero-order valence-corrected chi connectivity index (χ0v) is 12.5. The number of carbonyl (C=O) groups excluding carboxylic acids is 1. The molecule has 2 N–H and O–H groups in total. The molecule has 2 unspecified atom stereocenters. The van der Waals surface area contributed by atoms with E-state index in [4.69, 9.17) is 0 Å². The first-order chi connectivity index (χ1) is 8.91. The van der Waals surface area contributed by atoms with E-state index in [-0.39, 0.29) is 5.12 Å². The van der Waals surface area contributed by atoms with Gasteiger partial charge in [-0.2, -0.15) is 0 Å². The van der Waals surface area contributed by atoms with E-state index < -0.39 is 12.2 Å². The van der Waals surface area contributed by atoms with Crippen molar-refractivity contribution in [2.45, 2.75) is 45.3 Å². The summed E-state index contributed by atoms with van der Waals surface area (Å²) in [6, 6.07) is 7.64. The highest BCUT2D eigenvalue weighted by Gasteiger charge is 2.18. The summed E-state index contributed by atoms with van der Waals surface area (Å²) in [7, 11) is 0. The summed E-state index contributed by atoms with van der Waals surface area (Å²) in [5.41, 5.74) is 1.92. The van der Waals surface area contributed by atoms with Crippen molar-refractivity contribution >= 4 is 16.9 Å². The average molecular weight is 282 g/mol. The van der Waals surface area contributed by atoms with Crippen LogP contribution in [0.4, 0.5) is 0 Å². The minimum Gasteiger partial charge on any atom is -0.390 e. The van der Waals surface area contributed by atoms with Gasteiger partial charge in [0, 0.05) is 12.7 Å². The summed E-state index contributed by atoms with van der Waals surface area (Å²) in [5, 5.41) is 20.0. The maximum absolute atomic E-state index is 10.8. The van der Waals surface area contributed by atoms with E-state index in [9.17, 15) is 15.0 Å². The Morgan fingerprint density at radius 3 is 2.16 bits per heavy atom. The number of hydrogen-bond acceptors (Lipinski definition) is 4. The molecular formula is C15H22O3S. The monoisotopic (exact) mass is 282 g/mol. The molecule has 0 saturated carbocycles. The zero-order valence-electron chi connectivity index (χ0n) is 11.7. The third-order valence-electron chi connectivity index (χ3n) is 3.03. The first-order valence-corrected chi connectivity index (χ1v) is 7.49. The number of aliphatic hydroxyl groups excluding tert-OH is 2. The van der Waals surface area contributed by atoms with Crippen molar-refractivity contribution in [2.75, 3.05) is 5.75 Å². The number of rotatable bonds is 6. The van der Waals surface area contributed by atoms with Gasteiger partial charge in [0.05, 0.1) is 6.10 Å². The first kappa shape index (κ1) is 16.2. The van der Waals surface area contributed by atoms with Gasteiger partial charge in [0.25, 0.3) is 0 Å². The van der Waals surface area contributed by atoms with Crippen LogP contribution in [0.3, 0.4) is 0 Å². The van der Waals surface area contributed by atoms with Crippen LogP contribution in [0.2, 0.25) is 0 Å². The highest BCUT2D eigenvalue weighted by atomic mass is 32.2. The largest absolute Gasteiger partial charge is 0.390 e. The Morgan fingerprint density at radius 1 is 1.16 bits per heavy atom. The molecule has 0 spiro atoms. The van der Waals surface area contributed by atoms with Crippen LogP contribution in [0.25, 0.3) is 0 Å². The molecule has 0 fully saturated rings. The predicted molar refractivity (Wildman–Crippen MR) is 79.3 cm³/mol. The molecular weight excluding hydrogens is 260 g/mol. The summed E-state index contributed by atoms with van der Waals surface area (Å²) in [5.74, 6) is 0.973. The van der Waals surface area contributed by atoms with Crippen LogP contribution in [-0.4, -0.2) is 27.2 Å². The van der Waals surface area contributed by atoms with Gasteiger partial charge in [-0.3, -0.25) is 4.79 Å². The van der Waals surface area contributed by atoms with E-state index in [1.54, 1.807) is 0 Å². The topological polar surface area (TPSA) is 57.5 Å². The summed E-state index contributed by atoms with van der Waals surface area (Å²) in [4.78, 5) is 10.8. The molecule has 1 aromatic carbocycles. The Labute approximate surface area is 119 Å². The van der Waals surface area contributed by atoms with E-state index in [1.807, 2.05) is 24.3 Å². The second kappa shape index (κ2) is 7.68. The van der Waals surface area contributed by atoms with Crippen LogP contribution < -0.4 is 0 Å². The Morgan fingerprint density at radius 2 is 1.68 bits per heavy atom. The van der Waals surface area contributed by atoms with Crippen molar-refractivity contribution in [3.05, 3.63) is 35.4 Å². The van der Waals surface area contributed by atoms with Crippen LogP contribution in [0, 0.1) is 0 Å². The van der Waals surface area contributed by atoms with Crippen molar-refractivity contribution in [2.24, 2.45) is 0 Å². The maximum Gasteiger partial charge on any atom is 0.185 e. The van der Waals surface area contributed by atoms with Crippen LogP contribution >= 0.6 is 11.8 Å². The maximum atomic E-state index is 10.8. The van der Waals surface area contributed by atoms with E-state index >= 15 is 0 Å². The fourth-order valence-corrected chi connectivity index (χ4v) is 2.43. The van der Waals surface area contributed by atoms with Crippen LogP contribution in [0.1, 0.15) is 50.3 Å². The van der Waals surface area contributed by atoms with Crippen LogP contribution in [0.15, 0.2) is 24.3 Å². The number of hydrogen-bond donors (Lipinski definition) is 2. The lowest BCUT2D eigenvalue weighted by molar-refractivity contribution is -0.109. The molecule has 0 heterocycles. The molecule has 0 bridgehead atoms. The molecule has 3 nitrogen and oxygen atoms in total.